The van der Waals surface area contributed by atoms with Crippen LogP contribution in [-0.2, 0) is 19.3 Å². The van der Waals surface area contributed by atoms with Crippen molar-refractivity contribution in [2.24, 2.45) is 0 Å². The Hall–Kier alpha value is -4.29. The van der Waals surface area contributed by atoms with Gasteiger partial charge in [-0.25, -0.2) is 10.1 Å². The molecule has 1 atom stereocenters. The van der Waals surface area contributed by atoms with E-state index in [9.17, 15) is 10.1 Å². The van der Waals surface area contributed by atoms with Gasteiger partial charge in [-0.15, -0.1) is 0 Å². The number of aryl methyl sites for hydroxylation is 3. The smallest absolute Gasteiger partial charge is 0.170 e. The van der Waals surface area contributed by atoms with Crippen molar-refractivity contribution < 1.29 is 5.03 Å². The number of nitrogens with one attached hydrogen (secondary N) is 1. The zero-order chi connectivity index (χ0) is 27.9. The molecule has 0 aliphatic rings. The van der Waals surface area contributed by atoms with E-state index < -0.39 is 0 Å². The molecule has 0 saturated carbocycles. The molecule has 1 unspecified atom stereocenters. The second-order valence-electron chi connectivity index (χ2n) is 10.6. The molecule has 0 radical (unpaired) electrons. The molecule has 0 saturated heterocycles. The molecule has 0 fully saturated rings. The van der Waals surface area contributed by atoms with Gasteiger partial charge in [0.25, 0.3) is 0 Å². The Balaban J connectivity index is 1.47. The van der Waals surface area contributed by atoms with Gasteiger partial charge < -0.3 is 5.32 Å². The number of unbranched alkanes of at least 4 members (excludes halogenated alkanes) is 1. The second-order valence-corrected chi connectivity index (χ2v) is 10.6. The lowest BCUT2D eigenvalue weighted by Gasteiger charge is -2.20. The lowest BCUT2D eigenvalue weighted by atomic mass is 9.94. The van der Waals surface area contributed by atoms with Gasteiger partial charge in [0.1, 0.15) is 11.2 Å². The minimum atomic E-state index is -0.281. The fraction of sp³-hybridized carbons (Fsp3) is 0.265. The van der Waals surface area contributed by atoms with E-state index in [0.717, 1.165) is 59.9 Å². The van der Waals surface area contributed by atoms with Crippen molar-refractivity contribution in [1.29, 1.82) is 0 Å². The summed E-state index contributed by atoms with van der Waals surface area (Å²) < 4.78 is 1.28. The molecule has 1 N–H and O–H groups in total. The van der Waals surface area contributed by atoms with Crippen LogP contribution in [0.3, 0.4) is 0 Å². The van der Waals surface area contributed by atoms with Crippen LogP contribution in [0.4, 0.5) is 0 Å². The first-order valence-electron chi connectivity index (χ1n) is 14.0. The summed E-state index contributed by atoms with van der Waals surface area (Å²) in [6.07, 6.45) is 8.39. The van der Waals surface area contributed by atoms with Gasteiger partial charge in [0.05, 0.1) is 0 Å². The number of rotatable bonds is 12. The highest BCUT2D eigenvalue weighted by Gasteiger charge is 2.27. The third-order valence-electron chi connectivity index (χ3n) is 7.44. The minimum Gasteiger partial charge on any atom is -0.313 e. The summed E-state index contributed by atoms with van der Waals surface area (Å²) in [4.78, 5) is 16.7. The zero-order valence-electron chi connectivity index (χ0n) is 23.2. The maximum Gasteiger partial charge on any atom is 0.170 e. The van der Waals surface area contributed by atoms with Crippen molar-refractivity contribution in [2.75, 3.05) is 6.54 Å². The van der Waals surface area contributed by atoms with Crippen LogP contribution in [-0.4, -0.2) is 27.3 Å². The van der Waals surface area contributed by atoms with E-state index in [-0.39, 0.29) is 11.1 Å². The lowest BCUT2D eigenvalue weighted by Crippen LogP contribution is -2.34. The first kappa shape index (κ1) is 27.3. The molecule has 2 heterocycles. The van der Waals surface area contributed by atoms with Crippen LogP contribution < -0.4 is 5.32 Å². The molecule has 0 aliphatic carbocycles. The van der Waals surface area contributed by atoms with Crippen molar-refractivity contribution in [3.8, 4) is 11.3 Å². The molecular weight excluding hydrogens is 496 g/mol. The summed E-state index contributed by atoms with van der Waals surface area (Å²) in [7, 11) is 0. The Morgan fingerprint density at radius 2 is 1.60 bits per heavy atom. The Morgan fingerprint density at radius 3 is 2.33 bits per heavy atom. The van der Waals surface area contributed by atoms with Gasteiger partial charge in [0.15, 0.2) is 5.03 Å². The summed E-state index contributed by atoms with van der Waals surface area (Å²) in [5, 5.41) is 16.9. The third kappa shape index (κ3) is 6.46. The Labute approximate surface area is 235 Å². The predicted octanol–water partition coefficient (Wildman–Crippen LogP) is 7.13. The van der Waals surface area contributed by atoms with Crippen molar-refractivity contribution >= 4 is 10.9 Å². The first-order valence-corrected chi connectivity index (χ1v) is 14.0. The number of nitro groups is 1. The molecule has 40 heavy (non-hydrogen) atoms. The maximum absolute atomic E-state index is 12.5. The van der Waals surface area contributed by atoms with E-state index in [2.05, 4.69) is 58.8 Å². The molecule has 0 bridgehead atoms. The van der Waals surface area contributed by atoms with E-state index in [1.54, 1.807) is 0 Å². The fourth-order valence-corrected chi connectivity index (χ4v) is 5.74. The fourth-order valence-electron chi connectivity index (χ4n) is 5.74. The number of aromatic nitrogens is 2. The second kappa shape index (κ2) is 12.7. The third-order valence-corrected chi connectivity index (χ3v) is 7.44. The molecular formula is C34H36N4O2. The van der Waals surface area contributed by atoms with Crippen LogP contribution in [0.5, 0.6) is 0 Å². The molecule has 3 aromatic carbocycles. The quantitative estimate of drug-likeness (QED) is 0.105. The summed E-state index contributed by atoms with van der Waals surface area (Å²) in [6, 6.07) is 28.7. The van der Waals surface area contributed by atoms with Gasteiger partial charge in [-0.3, -0.25) is 4.98 Å². The summed E-state index contributed by atoms with van der Waals surface area (Å²) in [6.45, 7) is 4.96. The average molecular weight is 533 g/mol. The molecule has 5 rings (SSSR count). The highest BCUT2D eigenvalue weighted by molar-refractivity contribution is 5.91. The largest absolute Gasteiger partial charge is 0.313 e. The molecule has 204 valence electrons. The Morgan fingerprint density at radius 1 is 0.875 bits per heavy atom. The van der Waals surface area contributed by atoms with Crippen LogP contribution in [0.25, 0.3) is 22.2 Å². The zero-order valence-corrected chi connectivity index (χ0v) is 23.2. The molecule has 5 aromatic rings. The van der Waals surface area contributed by atoms with Crippen LogP contribution in [0.15, 0.2) is 97.3 Å². The summed E-state index contributed by atoms with van der Waals surface area (Å²) in [5.74, 6) is 0. The maximum atomic E-state index is 12.5. The Bertz CT molecular complexity index is 1560. The van der Waals surface area contributed by atoms with Gasteiger partial charge in [-0.1, -0.05) is 76.5 Å². The standard InChI is InChI=1S/C34H36N4O2/c1-25-19-26(2)21-29(20-25)34-32(31-15-6-7-16-33(31)37(34)38(39)40)23-30(22-27-11-4-3-5-12-27)36-18-9-8-13-28-14-10-17-35-24-28/h3-7,10-12,14-17,19-21,24,30,36H,8-9,13,18,22-23H2,1-2H3. The van der Waals surface area contributed by atoms with E-state index in [0.29, 0.717) is 17.6 Å². The number of hydrogen-bond donors (Lipinski definition) is 1. The summed E-state index contributed by atoms with van der Waals surface area (Å²) >= 11 is 0. The monoisotopic (exact) mass is 532 g/mol. The number of fused-ring (bicyclic) bond motifs is 1. The van der Waals surface area contributed by atoms with Crippen molar-refractivity contribution in [1.82, 2.24) is 15.0 Å². The van der Waals surface area contributed by atoms with Gasteiger partial charge in [0, 0.05) is 29.4 Å². The molecule has 6 nitrogen and oxygen atoms in total. The van der Waals surface area contributed by atoms with Gasteiger partial charge in [-0.05, 0) is 93.5 Å². The molecule has 0 amide bonds. The number of para-hydroxylation sites is 1. The minimum absolute atomic E-state index is 0.122. The predicted molar refractivity (Wildman–Crippen MR) is 162 cm³/mol. The van der Waals surface area contributed by atoms with Crippen LogP contribution in [0, 0.1) is 24.0 Å². The number of benzene rings is 3. The molecule has 0 spiro atoms. The number of nitrogens with zero attached hydrogens (tertiary/aromatic N) is 3. The normalized spacial score (nSPS) is 12.1. The first-order chi connectivity index (χ1) is 19.5. The topological polar surface area (TPSA) is 73.0 Å². The molecule has 0 aliphatic heterocycles. The lowest BCUT2D eigenvalue weighted by molar-refractivity contribution is -0.535. The van der Waals surface area contributed by atoms with E-state index in [4.69, 9.17) is 0 Å². The number of pyridine rings is 1. The molecule has 6 heteroatoms. The van der Waals surface area contributed by atoms with Gasteiger partial charge in [-0.2, -0.15) is 0 Å². The SMILES string of the molecule is Cc1cc(C)cc(-c2c(CC(Cc3ccccc3)NCCCCc3cccnc3)c3ccccc3n2[N+](=O)[O-])c1. The van der Waals surface area contributed by atoms with Crippen LogP contribution in [0.2, 0.25) is 0 Å². The highest BCUT2D eigenvalue weighted by atomic mass is 16.7. The van der Waals surface area contributed by atoms with E-state index >= 15 is 0 Å². The molecule has 2 aromatic heterocycles. The van der Waals surface area contributed by atoms with Gasteiger partial charge in [0.2, 0.25) is 0 Å². The number of hydrogen-bond acceptors (Lipinski definition) is 4. The van der Waals surface area contributed by atoms with Crippen molar-refractivity contribution in [2.45, 2.75) is 52.0 Å². The average Bonchev–Trinajstić information content (AvgIpc) is 3.28. The summed E-state index contributed by atoms with van der Waals surface area (Å²) in [5.41, 5.74) is 7.90. The highest BCUT2D eigenvalue weighted by Crippen LogP contribution is 2.36. The van der Waals surface area contributed by atoms with Crippen molar-refractivity contribution in [3.63, 3.8) is 0 Å². The van der Waals surface area contributed by atoms with Crippen LogP contribution >= 0.6 is 0 Å². The van der Waals surface area contributed by atoms with E-state index in [1.165, 1.54) is 15.8 Å². The van der Waals surface area contributed by atoms with Gasteiger partial charge >= 0.3 is 0 Å². The van der Waals surface area contributed by atoms with Crippen molar-refractivity contribution in [3.05, 3.63) is 135 Å². The Kier molecular flexibility index (Phi) is 8.67. The van der Waals surface area contributed by atoms with E-state index in [1.807, 2.05) is 62.6 Å². The van der Waals surface area contributed by atoms with Crippen LogP contribution in [0.1, 0.15) is 40.7 Å².